The third-order valence-corrected chi connectivity index (χ3v) is 7.41. The summed E-state index contributed by atoms with van der Waals surface area (Å²) in [5, 5.41) is 15.7. The minimum atomic E-state index is -0.731. The average molecular weight is 524 g/mol. The van der Waals surface area contributed by atoms with Crippen molar-refractivity contribution in [3.8, 4) is 17.2 Å². The van der Waals surface area contributed by atoms with Crippen molar-refractivity contribution in [2.24, 2.45) is 0 Å². The molecule has 8 nitrogen and oxygen atoms in total. The predicted octanol–water partition coefficient (Wildman–Crippen LogP) is 4.96. The van der Waals surface area contributed by atoms with Gasteiger partial charge in [-0.2, -0.15) is 0 Å². The molecular weight excluding hydrogens is 494 g/mol. The van der Waals surface area contributed by atoms with Gasteiger partial charge < -0.3 is 24.6 Å². The van der Waals surface area contributed by atoms with Gasteiger partial charge in [0.15, 0.2) is 0 Å². The highest BCUT2D eigenvalue weighted by Gasteiger charge is 2.38. The quantitative estimate of drug-likeness (QED) is 0.248. The number of hydrogen-bond acceptors (Lipinski definition) is 7. The van der Waals surface area contributed by atoms with Crippen LogP contribution < -0.4 is 19.5 Å². The summed E-state index contributed by atoms with van der Waals surface area (Å²) in [5.41, 5.74) is 4.08. The van der Waals surface area contributed by atoms with Gasteiger partial charge in [-0.1, -0.05) is 24.3 Å². The van der Waals surface area contributed by atoms with Crippen LogP contribution in [0.25, 0.3) is 32.8 Å². The number of nitrogens with one attached hydrogen (secondary N) is 1. The third-order valence-electron chi connectivity index (χ3n) is 7.41. The molecule has 0 spiro atoms. The largest absolute Gasteiger partial charge is 0.497 e. The van der Waals surface area contributed by atoms with Crippen molar-refractivity contribution in [1.82, 2.24) is 15.3 Å². The second-order valence-corrected chi connectivity index (χ2v) is 10.3. The first kappa shape index (κ1) is 24.9. The number of fused-ring (bicyclic) bond motifs is 7. The van der Waals surface area contributed by atoms with Crippen LogP contribution in [0.2, 0.25) is 0 Å². The van der Waals surface area contributed by atoms with E-state index in [0.29, 0.717) is 40.0 Å². The fourth-order valence-electron chi connectivity index (χ4n) is 5.10. The molecule has 5 aromatic rings. The normalized spacial score (nSPS) is 16.1. The summed E-state index contributed by atoms with van der Waals surface area (Å²) in [4.78, 5) is 23.0. The van der Waals surface area contributed by atoms with Gasteiger partial charge in [0.25, 0.3) is 5.91 Å². The second-order valence-electron chi connectivity index (χ2n) is 10.3. The van der Waals surface area contributed by atoms with E-state index in [9.17, 15) is 9.90 Å². The number of hydrogen-bond donors (Lipinski definition) is 2. The van der Waals surface area contributed by atoms with E-state index in [0.717, 1.165) is 33.2 Å². The first-order valence-corrected chi connectivity index (χ1v) is 12.8. The molecule has 2 heterocycles. The molecule has 1 aromatic heterocycles. The zero-order valence-corrected chi connectivity index (χ0v) is 22.2. The Morgan fingerprint density at radius 1 is 1.00 bits per heavy atom. The number of ether oxygens (including phenoxy) is 3. The Labute approximate surface area is 225 Å². The Morgan fingerprint density at radius 3 is 2.54 bits per heavy atom. The van der Waals surface area contributed by atoms with Crippen molar-refractivity contribution in [2.75, 3.05) is 14.2 Å². The van der Waals surface area contributed by atoms with E-state index in [-0.39, 0.29) is 12.5 Å². The molecule has 0 radical (unpaired) electrons. The molecule has 1 aliphatic rings. The van der Waals surface area contributed by atoms with Crippen molar-refractivity contribution < 1.29 is 24.1 Å². The van der Waals surface area contributed by atoms with Gasteiger partial charge in [0.1, 0.15) is 22.8 Å². The summed E-state index contributed by atoms with van der Waals surface area (Å²) in [6.07, 6.45) is -0.299. The van der Waals surface area contributed by atoms with Gasteiger partial charge in [-0.3, -0.25) is 4.79 Å². The monoisotopic (exact) mass is 523 g/mol. The fourth-order valence-corrected chi connectivity index (χ4v) is 5.10. The molecule has 39 heavy (non-hydrogen) atoms. The minimum absolute atomic E-state index is 0.238. The first-order valence-electron chi connectivity index (χ1n) is 12.8. The molecule has 1 unspecified atom stereocenters. The lowest BCUT2D eigenvalue weighted by molar-refractivity contribution is -0.0396. The van der Waals surface area contributed by atoms with E-state index < -0.39 is 11.7 Å². The van der Waals surface area contributed by atoms with Crippen molar-refractivity contribution >= 4 is 38.7 Å². The lowest BCUT2D eigenvalue weighted by Crippen LogP contribution is -2.46. The maximum Gasteiger partial charge on any atom is 0.251 e. The molecule has 4 aromatic carbocycles. The zero-order chi connectivity index (χ0) is 27.3. The Morgan fingerprint density at radius 2 is 1.77 bits per heavy atom. The van der Waals surface area contributed by atoms with Crippen LogP contribution in [0.15, 0.2) is 60.7 Å². The number of carbonyl (C=O) groups excluding carboxylic acids is 1. The highest BCUT2D eigenvalue weighted by atomic mass is 16.5. The highest BCUT2D eigenvalue weighted by molar-refractivity contribution is 6.11. The van der Waals surface area contributed by atoms with Gasteiger partial charge in [-0.05, 0) is 44.2 Å². The van der Waals surface area contributed by atoms with Gasteiger partial charge in [-0.15, -0.1) is 0 Å². The van der Waals surface area contributed by atoms with Crippen LogP contribution in [-0.2, 0) is 13.0 Å². The second kappa shape index (κ2) is 9.39. The zero-order valence-electron chi connectivity index (χ0n) is 22.2. The Kier molecular flexibility index (Phi) is 5.99. The van der Waals surface area contributed by atoms with Gasteiger partial charge in [0, 0.05) is 46.5 Å². The molecule has 198 valence electrons. The average Bonchev–Trinajstić information content (AvgIpc) is 2.95. The highest BCUT2D eigenvalue weighted by Crippen LogP contribution is 2.43. The number of benzene rings is 4. The fraction of sp³-hybridized carbons (Fsp3) is 0.258. The summed E-state index contributed by atoms with van der Waals surface area (Å²) in [7, 11) is 3.18. The third kappa shape index (κ3) is 4.27. The molecule has 2 N–H and O–H groups in total. The van der Waals surface area contributed by atoms with Crippen LogP contribution in [0, 0.1) is 0 Å². The van der Waals surface area contributed by atoms with Crippen molar-refractivity contribution in [1.29, 1.82) is 0 Å². The number of aliphatic hydroxyl groups excluding tert-OH is 1. The number of rotatable bonds is 5. The summed E-state index contributed by atoms with van der Waals surface area (Å²) in [6.45, 7) is 4.06. The summed E-state index contributed by atoms with van der Waals surface area (Å²) >= 11 is 0. The smallest absolute Gasteiger partial charge is 0.251 e. The molecule has 1 aliphatic heterocycles. The topological polar surface area (TPSA) is 103 Å². The molecule has 8 heteroatoms. The van der Waals surface area contributed by atoms with Crippen LogP contribution in [-0.4, -0.2) is 46.9 Å². The van der Waals surface area contributed by atoms with Crippen LogP contribution in [0.4, 0.5) is 0 Å². The Bertz CT molecular complexity index is 1770. The first-order chi connectivity index (χ1) is 18.8. The van der Waals surface area contributed by atoms with Gasteiger partial charge >= 0.3 is 0 Å². The number of methoxy groups -OCH3 is 2. The van der Waals surface area contributed by atoms with Gasteiger partial charge in [0.2, 0.25) is 0 Å². The SMILES string of the molecule is COc1ccc(CNC(=O)c2ccc3nc4c(nc3c2)c2c(c3ccccc34)OC(C)(C)C(O)C2)c(OC)c1. The molecule has 0 saturated carbocycles. The number of aliphatic hydroxyl groups is 1. The minimum Gasteiger partial charge on any atom is -0.497 e. The number of nitrogens with zero attached hydrogens (tertiary/aromatic N) is 2. The molecule has 1 atom stereocenters. The van der Waals surface area contributed by atoms with Crippen LogP contribution in [0.3, 0.4) is 0 Å². The van der Waals surface area contributed by atoms with E-state index in [1.54, 1.807) is 32.4 Å². The predicted molar refractivity (Wildman–Crippen MR) is 150 cm³/mol. The van der Waals surface area contributed by atoms with E-state index in [1.807, 2.05) is 56.3 Å². The van der Waals surface area contributed by atoms with E-state index >= 15 is 0 Å². The van der Waals surface area contributed by atoms with Gasteiger partial charge in [0.05, 0.1) is 42.4 Å². The van der Waals surface area contributed by atoms with Crippen LogP contribution in [0.1, 0.15) is 35.3 Å². The van der Waals surface area contributed by atoms with Crippen molar-refractivity contribution in [2.45, 2.75) is 38.5 Å². The number of amides is 1. The Hall–Kier alpha value is -4.43. The number of carbonyl (C=O) groups is 1. The van der Waals surface area contributed by atoms with E-state index in [4.69, 9.17) is 24.2 Å². The lowest BCUT2D eigenvalue weighted by atomic mass is 9.88. The van der Waals surface area contributed by atoms with Crippen LogP contribution in [0.5, 0.6) is 17.2 Å². The molecular formula is C31H29N3O5. The number of aromatic nitrogens is 2. The maximum absolute atomic E-state index is 13.1. The van der Waals surface area contributed by atoms with Crippen LogP contribution >= 0.6 is 0 Å². The van der Waals surface area contributed by atoms with Crippen molar-refractivity contribution in [3.63, 3.8) is 0 Å². The summed E-state index contributed by atoms with van der Waals surface area (Å²) in [6, 6.07) is 18.7. The Balaban J connectivity index is 1.40. The summed E-state index contributed by atoms with van der Waals surface area (Å²) in [5.74, 6) is 1.80. The molecule has 0 saturated heterocycles. The molecule has 0 fully saturated rings. The summed E-state index contributed by atoms with van der Waals surface area (Å²) < 4.78 is 17.0. The molecule has 0 bridgehead atoms. The van der Waals surface area contributed by atoms with Crippen molar-refractivity contribution in [3.05, 3.63) is 77.4 Å². The standard InChI is InChI=1S/C31H29N3O5/c1-31(2)26(35)15-22-28-27(20-7-5-6-8-21(20)29(22)39-31)33-23-12-10-17(13-24(23)34-28)30(36)32-16-18-9-11-19(37-3)14-25(18)38-4/h5-14,26,35H,15-16H2,1-4H3,(H,32,36). The lowest BCUT2D eigenvalue weighted by Gasteiger charge is -2.38. The molecule has 1 amide bonds. The molecule has 0 aliphatic carbocycles. The van der Waals surface area contributed by atoms with E-state index in [1.165, 1.54) is 0 Å². The van der Waals surface area contributed by atoms with Gasteiger partial charge in [-0.25, -0.2) is 9.97 Å². The maximum atomic E-state index is 13.1. The van der Waals surface area contributed by atoms with E-state index in [2.05, 4.69) is 5.32 Å². The molecule has 6 rings (SSSR count).